The quantitative estimate of drug-likeness (QED) is 0.694. The maximum absolute atomic E-state index is 3.53. The van der Waals surface area contributed by atoms with Crippen LogP contribution in [-0.2, 0) is 0 Å². The van der Waals surface area contributed by atoms with Crippen LogP contribution in [0.4, 0.5) is 0 Å². The summed E-state index contributed by atoms with van der Waals surface area (Å²) in [4.78, 5) is 0. The molecule has 0 amide bonds. The molecule has 0 aromatic heterocycles. The fraction of sp³-hybridized carbons (Fsp3) is 0.857. The van der Waals surface area contributed by atoms with Crippen molar-refractivity contribution < 1.29 is 0 Å². The maximum atomic E-state index is 3.53. The number of nitrogens with one attached hydrogen (secondary N) is 1. The van der Waals surface area contributed by atoms with Gasteiger partial charge in [-0.2, -0.15) is 0 Å². The third-order valence-corrected chi connectivity index (χ3v) is 4.17. The van der Waals surface area contributed by atoms with Gasteiger partial charge in [0.05, 0.1) is 0 Å². The maximum Gasteiger partial charge on any atom is 0.0279 e. The third kappa shape index (κ3) is 3.07. The Morgan fingerprint density at radius 3 is 2.80 bits per heavy atom. The first-order chi connectivity index (χ1) is 7.40. The molecule has 0 aromatic rings. The molecule has 1 saturated carbocycles. The Bertz CT molecular complexity index is 215. The van der Waals surface area contributed by atoms with Crippen LogP contribution in [0.25, 0.3) is 0 Å². The minimum absolute atomic E-state index is 0.688. The van der Waals surface area contributed by atoms with Crippen molar-refractivity contribution in [2.24, 2.45) is 5.92 Å². The van der Waals surface area contributed by atoms with Gasteiger partial charge in [0.1, 0.15) is 0 Å². The minimum Gasteiger partial charge on any atom is -0.313 e. The second kappa shape index (κ2) is 5.69. The molecular formula is C14H25N. The van der Waals surface area contributed by atoms with E-state index in [1.807, 2.05) is 0 Å². The standard InChI is InChI=1S/C14H25N/c1-15-14(11-12-7-6-8-12)13-9-4-2-3-5-10-13/h9,12,14-15H,2-8,10-11H2,1H3. The van der Waals surface area contributed by atoms with Crippen molar-refractivity contribution in [2.75, 3.05) is 7.05 Å². The highest BCUT2D eigenvalue weighted by Gasteiger charge is 2.23. The zero-order valence-electron chi connectivity index (χ0n) is 10.1. The van der Waals surface area contributed by atoms with Crippen LogP contribution in [0.1, 0.15) is 57.8 Å². The number of hydrogen-bond donors (Lipinski definition) is 1. The molecule has 1 atom stereocenters. The molecule has 0 radical (unpaired) electrons. The zero-order valence-corrected chi connectivity index (χ0v) is 10.1. The van der Waals surface area contributed by atoms with Crippen molar-refractivity contribution in [1.82, 2.24) is 5.32 Å². The van der Waals surface area contributed by atoms with Crippen molar-refractivity contribution in [3.63, 3.8) is 0 Å². The molecule has 2 aliphatic rings. The Morgan fingerprint density at radius 1 is 1.27 bits per heavy atom. The summed E-state index contributed by atoms with van der Waals surface area (Å²) in [6.07, 6.45) is 15.3. The molecule has 1 fully saturated rings. The van der Waals surface area contributed by atoms with Crippen LogP contribution in [-0.4, -0.2) is 13.1 Å². The SMILES string of the molecule is CNC(CC1CCC1)C1=CCCCCC1. The Morgan fingerprint density at radius 2 is 2.13 bits per heavy atom. The fourth-order valence-electron chi connectivity index (χ4n) is 2.87. The lowest BCUT2D eigenvalue weighted by atomic mass is 9.79. The summed E-state index contributed by atoms with van der Waals surface area (Å²) in [7, 11) is 2.13. The summed E-state index contributed by atoms with van der Waals surface area (Å²) in [5.41, 5.74) is 1.71. The van der Waals surface area contributed by atoms with E-state index in [-0.39, 0.29) is 0 Å². The molecule has 15 heavy (non-hydrogen) atoms. The molecule has 0 spiro atoms. The smallest absolute Gasteiger partial charge is 0.0279 e. The Balaban J connectivity index is 1.88. The molecule has 0 bridgehead atoms. The van der Waals surface area contributed by atoms with Gasteiger partial charge in [-0.25, -0.2) is 0 Å². The molecule has 0 aliphatic heterocycles. The second-order valence-electron chi connectivity index (χ2n) is 5.25. The van der Waals surface area contributed by atoms with Crippen LogP contribution in [0.5, 0.6) is 0 Å². The van der Waals surface area contributed by atoms with E-state index in [1.165, 1.54) is 57.8 Å². The van der Waals surface area contributed by atoms with Gasteiger partial charge >= 0.3 is 0 Å². The number of hydrogen-bond acceptors (Lipinski definition) is 1. The Kier molecular flexibility index (Phi) is 4.25. The monoisotopic (exact) mass is 207 g/mol. The normalized spacial score (nSPS) is 25.3. The van der Waals surface area contributed by atoms with Crippen LogP contribution in [0.3, 0.4) is 0 Å². The summed E-state index contributed by atoms with van der Waals surface area (Å²) in [6, 6.07) is 0.688. The van der Waals surface area contributed by atoms with Crippen LogP contribution >= 0.6 is 0 Å². The molecule has 1 heteroatoms. The van der Waals surface area contributed by atoms with Crippen LogP contribution in [0, 0.1) is 5.92 Å². The lowest BCUT2D eigenvalue weighted by molar-refractivity contribution is 0.273. The molecule has 86 valence electrons. The largest absolute Gasteiger partial charge is 0.313 e. The predicted octanol–water partition coefficient (Wildman–Crippen LogP) is 3.66. The van der Waals surface area contributed by atoms with Crippen molar-refractivity contribution >= 4 is 0 Å². The van der Waals surface area contributed by atoms with Gasteiger partial charge in [-0.05, 0) is 45.1 Å². The van der Waals surface area contributed by atoms with E-state index >= 15 is 0 Å². The zero-order chi connectivity index (χ0) is 10.5. The Labute approximate surface area is 94.3 Å². The fourth-order valence-corrected chi connectivity index (χ4v) is 2.87. The summed E-state index contributed by atoms with van der Waals surface area (Å²) in [5, 5.41) is 3.53. The van der Waals surface area contributed by atoms with Gasteiger partial charge in [0.2, 0.25) is 0 Å². The van der Waals surface area contributed by atoms with E-state index < -0.39 is 0 Å². The van der Waals surface area contributed by atoms with Crippen molar-refractivity contribution in [3.05, 3.63) is 11.6 Å². The second-order valence-corrected chi connectivity index (χ2v) is 5.25. The van der Waals surface area contributed by atoms with Crippen molar-refractivity contribution in [3.8, 4) is 0 Å². The molecule has 2 aliphatic carbocycles. The lowest BCUT2D eigenvalue weighted by Crippen LogP contribution is -2.31. The average Bonchev–Trinajstić information content (AvgIpc) is 2.45. The topological polar surface area (TPSA) is 12.0 Å². The van der Waals surface area contributed by atoms with E-state index in [1.54, 1.807) is 5.57 Å². The first-order valence-corrected chi connectivity index (χ1v) is 6.76. The highest BCUT2D eigenvalue weighted by Crippen LogP contribution is 2.33. The van der Waals surface area contributed by atoms with E-state index in [2.05, 4.69) is 18.4 Å². The Hall–Kier alpha value is -0.300. The molecule has 0 heterocycles. The molecule has 1 unspecified atom stereocenters. The molecule has 2 rings (SSSR count). The van der Waals surface area contributed by atoms with Gasteiger partial charge in [0.25, 0.3) is 0 Å². The van der Waals surface area contributed by atoms with E-state index in [9.17, 15) is 0 Å². The van der Waals surface area contributed by atoms with E-state index in [4.69, 9.17) is 0 Å². The van der Waals surface area contributed by atoms with Crippen molar-refractivity contribution in [1.29, 1.82) is 0 Å². The highest BCUT2D eigenvalue weighted by atomic mass is 14.9. The van der Waals surface area contributed by atoms with Gasteiger partial charge in [0.15, 0.2) is 0 Å². The summed E-state index contributed by atoms with van der Waals surface area (Å²) >= 11 is 0. The van der Waals surface area contributed by atoms with Gasteiger partial charge in [-0.1, -0.05) is 37.3 Å². The van der Waals surface area contributed by atoms with E-state index in [0.29, 0.717) is 6.04 Å². The van der Waals surface area contributed by atoms with Crippen LogP contribution < -0.4 is 5.32 Å². The first kappa shape index (κ1) is 11.2. The first-order valence-electron chi connectivity index (χ1n) is 6.76. The van der Waals surface area contributed by atoms with Crippen molar-refractivity contribution in [2.45, 2.75) is 63.8 Å². The number of rotatable bonds is 4. The van der Waals surface area contributed by atoms with Crippen LogP contribution in [0.2, 0.25) is 0 Å². The highest BCUT2D eigenvalue weighted by molar-refractivity contribution is 5.12. The van der Waals surface area contributed by atoms with Gasteiger partial charge in [-0.3, -0.25) is 0 Å². The summed E-state index contributed by atoms with van der Waals surface area (Å²) in [6.45, 7) is 0. The van der Waals surface area contributed by atoms with Crippen LogP contribution in [0.15, 0.2) is 11.6 Å². The average molecular weight is 207 g/mol. The molecule has 1 N–H and O–H groups in total. The molecular weight excluding hydrogens is 182 g/mol. The predicted molar refractivity (Wildman–Crippen MR) is 66.0 cm³/mol. The summed E-state index contributed by atoms with van der Waals surface area (Å²) in [5.74, 6) is 1.02. The number of allylic oxidation sites excluding steroid dienone is 1. The van der Waals surface area contributed by atoms with Gasteiger partial charge < -0.3 is 5.32 Å². The molecule has 1 nitrogen and oxygen atoms in total. The molecule has 0 saturated heterocycles. The minimum atomic E-state index is 0.688. The lowest BCUT2D eigenvalue weighted by Gasteiger charge is -2.30. The summed E-state index contributed by atoms with van der Waals surface area (Å²) < 4.78 is 0. The van der Waals surface area contributed by atoms with Gasteiger partial charge in [0, 0.05) is 6.04 Å². The third-order valence-electron chi connectivity index (χ3n) is 4.17. The van der Waals surface area contributed by atoms with E-state index in [0.717, 1.165) is 5.92 Å². The number of likely N-dealkylation sites (N-methyl/N-ethyl adjacent to an activating group) is 1. The molecule has 0 aromatic carbocycles. The van der Waals surface area contributed by atoms with Gasteiger partial charge in [-0.15, -0.1) is 0 Å².